The van der Waals surface area contributed by atoms with Crippen LogP contribution in [0, 0.1) is 6.57 Å². The largest absolute Gasteiger partial charge is 0.242 e. The third kappa shape index (κ3) is 1.00. The van der Waals surface area contributed by atoms with E-state index < -0.39 is 0 Å². The molecule has 1 nitrogen and oxygen atoms in total. The zero-order chi connectivity index (χ0) is 5.98. The van der Waals surface area contributed by atoms with Crippen molar-refractivity contribution in [2.75, 3.05) is 0 Å². The summed E-state index contributed by atoms with van der Waals surface area (Å²) in [4.78, 5) is 3.18. The number of hydrogen-bond donors (Lipinski definition) is 0. The second kappa shape index (κ2) is 2.17. The molecule has 8 heavy (non-hydrogen) atoms. The number of hydrogen-bond acceptors (Lipinski definition) is 1. The van der Waals surface area contributed by atoms with E-state index in [1.54, 1.807) is 12.1 Å². The van der Waals surface area contributed by atoms with E-state index in [9.17, 15) is 0 Å². The lowest BCUT2D eigenvalue weighted by Gasteiger charge is -1.68. The minimum atomic E-state index is 0.648. The molecule has 0 radical (unpaired) electrons. The van der Waals surface area contributed by atoms with Gasteiger partial charge in [-0.15, -0.1) is 11.3 Å². The Bertz CT molecular complexity index is 223. The van der Waals surface area contributed by atoms with Crippen LogP contribution in [0.4, 0.5) is 5.00 Å². The van der Waals surface area contributed by atoms with E-state index in [0.29, 0.717) is 9.34 Å². The minimum absolute atomic E-state index is 0.648. The Labute approximate surface area is 56.3 Å². The molecule has 0 amide bonds. The molecule has 1 aromatic heterocycles. The lowest BCUT2D eigenvalue weighted by molar-refractivity contribution is 1.99. The molecule has 0 atom stereocenters. The average Bonchev–Trinajstić information content (AvgIpc) is 2.14. The number of thiophene rings is 1. The highest BCUT2D eigenvalue weighted by Gasteiger charge is 1.91. The van der Waals surface area contributed by atoms with Crippen LogP contribution in [-0.4, -0.2) is 0 Å². The molecule has 0 N–H and O–H groups in total. The smallest absolute Gasteiger partial charge is 0.227 e. The normalized spacial score (nSPS) is 8.50. The summed E-state index contributed by atoms with van der Waals surface area (Å²) in [5.41, 5.74) is 0. The molecular weight excluding hydrogens is 142 g/mol. The predicted octanol–water partition coefficient (Wildman–Crippen LogP) is 2.95. The van der Waals surface area contributed by atoms with Crippen molar-refractivity contribution in [2.45, 2.75) is 0 Å². The van der Waals surface area contributed by atoms with Crippen LogP contribution in [0.2, 0.25) is 4.34 Å². The first-order valence-electron chi connectivity index (χ1n) is 1.96. The number of rotatable bonds is 0. The fraction of sp³-hybridized carbons (Fsp3) is 0. The Balaban J connectivity index is 3.05. The van der Waals surface area contributed by atoms with Gasteiger partial charge >= 0.3 is 0 Å². The zero-order valence-electron chi connectivity index (χ0n) is 3.89. The van der Waals surface area contributed by atoms with Crippen molar-refractivity contribution in [3.8, 4) is 0 Å². The first-order chi connectivity index (χ1) is 3.83. The van der Waals surface area contributed by atoms with E-state index in [2.05, 4.69) is 4.85 Å². The van der Waals surface area contributed by atoms with Crippen molar-refractivity contribution in [3.05, 3.63) is 27.9 Å². The van der Waals surface area contributed by atoms with Gasteiger partial charge in [0.05, 0.1) is 10.9 Å². The Hall–Kier alpha value is -0.520. The highest BCUT2D eigenvalue weighted by atomic mass is 35.5. The molecule has 0 aliphatic carbocycles. The fourth-order valence-electron chi connectivity index (χ4n) is 0.365. The van der Waals surface area contributed by atoms with Crippen molar-refractivity contribution < 1.29 is 0 Å². The van der Waals surface area contributed by atoms with Gasteiger partial charge in [-0.1, -0.05) is 11.6 Å². The van der Waals surface area contributed by atoms with Gasteiger partial charge in [0.2, 0.25) is 5.00 Å². The topological polar surface area (TPSA) is 4.36 Å². The standard InChI is InChI=1S/C5H2ClNS/c1-7-5-3-2-4(6)8-5/h2-3H. The van der Waals surface area contributed by atoms with Gasteiger partial charge < -0.3 is 0 Å². The van der Waals surface area contributed by atoms with Crippen molar-refractivity contribution in [1.29, 1.82) is 0 Å². The fourth-order valence-corrected chi connectivity index (χ4v) is 1.18. The molecule has 0 unspecified atom stereocenters. The van der Waals surface area contributed by atoms with E-state index in [1.165, 1.54) is 11.3 Å². The Morgan fingerprint density at radius 3 is 2.62 bits per heavy atom. The van der Waals surface area contributed by atoms with Gasteiger partial charge in [-0.2, -0.15) is 0 Å². The van der Waals surface area contributed by atoms with E-state index in [1.807, 2.05) is 0 Å². The third-order valence-electron chi connectivity index (χ3n) is 0.669. The molecule has 0 saturated carbocycles. The second-order valence-electron chi connectivity index (χ2n) is 1.19. The Morgan fingerprint density at radius 1 is 1.62 bits per heavy atom. The SMILES string of the molecule is [C-]#[N+]c1ccc(Cl)s1. The molecule has 0 bridgehead atoms. The van der Waals surface area contributed by atoms with Crippen molar-refractivity contribution in [3.63, 3.8) is 0 Å². The summed E-state index contributed by atoms with van der Waals surface area (Å²) in [5.74, 6) is 0. The summed E-state index contributed by atoms with van der Waals surface area (Å²) in [6, 6.07) is 3.43. The van der Waals surface area contributed by atoms with Crippen molar-refractivity contribution in [1.82, 2.24) is 0 Å². The van der Waals surface area contributed by atoms with E-state index in [-0.39, 0.29) is 0 Å². The molecule has 1 heterocycles. The van der Waals surface area contributed by atoms with E-state index in [0.717, 1.165) is 0 Å². The van der Waals surface area contributed by atoms with Gasteiger partial charge in [0.25, 0.3) is 0 Å². The van der Waals surface area contributed by atoms with Crippen molar-refractivity contribution >= 4 is 27.9 Å². The molecule has 1 aromatic rings. The monoisotopic (exact) mass is 143 g/mol. The van der Waals surface area contributed by atoms with Crippen molar-refractivity contribution in [2.24, 2.45) is 0 Å². The molecule has 1 rings (SSSR count). The van der Waals surface area contributed by atoms with Crippen LogP contribution in [0.25, 0.3) is 4.85 Å². The first kappa shape index (κ1) is 5.61. The van der Waals surface area contributed by atoms with E-state index in [4.69, 9.17) is 18.2 Å². The van der Waals surface area contributed by atoms with Crippen LogP contribution < -0.4 is 0 Å². The molecule has 3 heteroatoms. The maximum absolute atomic E-state index is 6.53. The maximum atomic E-state index is 6.53. The molecule has 0 spiro atoms. The summed E-state index contributed by atoms with van der Waals surface area (Å²) in [6.45, 7) is 6.53. The number of nitrogens with zero attached hydrogens (tertiary/aromatic N) is 1. The minimum Gasteiger partial charge on any atom is -0.227 e. The van der Waals surface area contributed by atoms with Crippen LogP contribution in [0.3, 0.4) is 0 Å². The summed E-state index contributed by atoms with van der Waals surface area (Å²) in [5, 5.41) is 0.648. The van der Waals surface area contributed by atoms with Crippen LogP contribution >= 0.6 is 22.9 Å². The molecule has 0 aliphatic rings. The highest BCUT2D eigenvalue weighted by molar-refractivity contribution is 7.20. The maximum Gasteiger partial charge on any atom is 0.242 e. The van der Waals surface area contributed by atoms with Crippen LogP contribution in [0.15, 0.2) is 12.1 Å². The zero-order valence-corrected chi connectivity index (χ0v) is 5.46. The first-order valence-corrected chi connectivity index (χ1v) is 3.15. The highest BCUT2D eigenvalue weighted by Crippen LogP contribution is 2.27. The number of halogens is 1. The van der Waals surface area contributed by atoms with Crippen LogP contribution in [0.1, 0.15) is 0 Å². The lowest BCUT2D eigenvalue weighted by atomic mass is 10.6. The van der Waals surface area contributed by atoms with Gasteiger partial charge in [0.15, 0.2) is 0 Å². The molecule has 0 aliphatic heterocycles. The van der Waals surface area contributed by atoms with E-state index >= 15 is 0 Å². The predicted molar refractivity (Wildman–Crippen MR) is 35.6 cm³/mol. The summed E-state index contributed by atoms with van der Waals surface area (Å²) in [6.07, 6.45) is 0. The third-order valence-corrected chi connectivity index (χ3v) is 1.79. The molecular formula is C5H2ClNS. The molecule has 0 saturated heterocycles. The van der Waals surface area contributed by atoms with Gasteiger partial charge in [-0.05, 0) is 12.1 Å². The quantitative estimate of drug-likeness (QED) is 0.492. The average molecular weight is 144 g/mol. The molecule has 40 valence electrons. The van der Waals surface area contributed by atoms with Gasteiger partial charge in [0, 0.05) is 0 Å². The van der Waals surface area contributed by atoms with Gasteiger partial charge in [0.1, 0.15) is 0 Å². The second-order valence-corrected chi connectivity index (χ2v) is 2.88. The Morgan fingerprint density at radius 2 is 2.38 bits per heavy atom. The lowest BCUT2D eigenvalue weighted by Crippen LogP contribution is -1.30. The molecule has 0 aromatic carbocycles. The molecule has 0 fully saturated rings. The summed E-state index contributed by atoms with van der Waals surface area (Å²) < 4.78 is 0.677. The van der Waals surface area contributed by atoms with Crippen LogP contribution in [0.5, 0.6) is 0 Å². The van der Waals surface area contributed by atoms with Crippen LogP contribution in [-0.2, 0) is 0 Å². The summed E-state index contributed by atoms with van der Waals surface area (Å²) in [7, 11) is 0. The van der Waals surface area contributed by atoms with Gasteiger partial charge in [-0.25, -0.2) is 4.85 Å². The Kier molecular flexibility index (Phi) is 1.52. The summed E-state index contributed by atoms with van der Waals surface area (Å²) >= 11 is 6.81. The van der Waals surface area contributed by atoms with Gasteiger partial charge in [-0.3, -0.25) is 0 Å².